The number of anilines is 1. The largest absolute Gasteiger partial charge is 0.472 e. The van der Waals surface area contributed by atoms with Crippen molar-refractivity contribution in [3.63, 3.8) is 0 Å². The van der Waals surface area contributed by atoms with E-state index >= 15 is 0 Å². The van der Waals surface area contributed by atoms with Crippen molar-refractivity contribution in [2.75, 3.05) is 18.9 Å². The molecule has 3 rings (SSSR count). The molecular weight excluding hydrogens is 324 g/mol. The second kappa shape index (κ2) is 6.71. The van der Waals surface area contributed by atoms with Crippen LogP contribution in [0.1, 0.15) is 18.2 Å². The Bertz CT molecular complexity index is 666. The second-order valence-corrected chi connectivity index (χ2v) is 6.50. The van der Waals surface area contributed by atoms with Gasteiger partial charge in [0.2, 0.25) is 17.8 Å². The van der Waals surface area contributed by atoms with Gasteiger partial charge < -0.3 is 10.1 Å². The molecule has 1 N–H and O–H groups in total. The lowest BCUT2D eigenvalue weighted by atomic mass is 10.2. The van der Waals surface area contributed by atoms with Crippen LogP contribution in [0.4, 0.5) is 13.9 Å². The van der Waals surface area contributed by atoms with Gasteiger partial charge in [0.15, 0.2) is 5.13 Å². The molecule has 2 atom stereocenters. The molecule has 2 aromatic heterocycles. The van der Waals surface area contributed by atoms with E-state index in [1.54, 1.807) is 7.05 Å². The molecule has 0 aliphatic carbocycles. The SMILES string of the molecule is CNc1nc(F)c(CN2C[C@H](Oc3cnc(F)cn3)C[C@@H]2C)s1. The maximum absolute atomic E-state index is 13.8. The van der Waals surface area contributed by atoms with Gasteiger partial charge in [-0.25, -0.2) is 9.97 Å². The maximum Gasteiger partial charge on any atom is 0.232 e. The molecular formula is C14H17F2N5OS. The number of thiazole rings is 1. The van der Waals surface area contributed by atoms with Crippen LogP contribution in [0.3, 0.4) is 0 Å². The van der Waals surface area contributed by atoms with Gasteiger partial charge in [-0.05, 0) is 6.92 Å². The zero-order valence-corrected chi connectivity index (χ0v) is 13.6. The van der Waals surface area contributed by atoms with Crippen molar-refractivity contribution in [2.24, 2.45) is 0 Å². The van der Waals surface area contributed by atoms with Crippen LogP contribution in [0, 0.1) is 11.9 Å². The monoisotopic (exact) mass is 341 g/mol. The number of halogens is 2. The van der Waals surface area contributed by atoms with Crippen molar-refractivity contribution >= 4 is 16.5 Å². The van der Waals surface area contributed by atoms with E-state index in [4.69, 9.17) is 4.74 Å². The molecule has 0 unspecified atom stereocenters. The average molecular weight is 341 g/mol. The van der Waals surface area contributed by atoms with E-state index in [-0.39, 0.29) is 12.1 Å². The van der Waals surface area contributed by atoms with Crippen molar-refractivity contribution < 1.29 is 13.5 Å². The van der Waals surface area contributed by atoms with E-state index in [2.05, 4.69) is 32.1 Å². The Hall–Kier alpha value is -1.87. The van der Waals surface area contributed by atoms with Crippen molar-refractivity contribution in [2.45, 2.75) is 32.0 Å². The number of nitrogens with zero attached hydrogens (tertiary/aromatic N) is 4. The molecule has 124 valence electrons. The van der Waals surface area contributed by atoms with Gasteiger partial charge in [0.05, 0.1) is 17.3 Å². The van der Waals surface area contributed by atoms with Gasteiger partial charge in [-0.3, -0.25) is 4.90 Å². The summed E-state index contributed by atoms with van der Waals surface area (Å²) in [6.45, 7) is 3.20. The van der Waals surface area contributed by atoms with Gasteiger partial charge in [-0.2, -0.15) is 13.8 Å². The Morgan fingerprint density at radius 1 is 1.39 bits per heavy atom. The van der Waals surface area contributed by atoms with E-state index in [1.165, 1.54) is 17.5 Å². The molecule has 9 heteroatoms. The lowest BCUT2D eigenvalue weighted by molar-refractivity contribution is 0.187. The van der Waals surface area contributed by atoms with E-state index in [0.29, 0.717) is 29.0 Å². The second-order valence-electron chi connectivity index (χ2n) is 5.41. The molecule has 23 heavy (non-hydrogen) atoms. The summed E-state index contributed by atoms with van der Waals surface area (Å²) < 4.78 is 32.3. The van der Waals surface area contributed by atoms with Crippen LogP contribution >= 0.6 is 11.3 Å². The predicted octanol–water partition coefficient (Wildman–Crippen LogP) is 2.29. The van der Waals surface area contributed by atoms with Gasteiger partial charge in [-0.15, -0.1) is 0 Å². The van der Waals surface area contributed by atoms with Crippen LogP contribution < -0.4 is 10.1 Å². The molecule has 0 saturated carbocycles. The normalized spacial score (nSPS) is 21.6. The minimum absolute atomic E-state index is 0.0792. The highest BCUT2D eigenvalue weighted by Gasteiger charge is 2.31. The number of aromatic nitrogens is 3. The van der Waals surface area contributed by atoms with E-state index in [9.17, 15) is 8.78 Å². The molecule has 1 aliphatic heterocycles. The Kier molecular flexibility index (Phi) is 4.67. The molecule has 2 aromatic rings. The van der Waals surface area contributed by atoms with Gasteiger partial charge in [0.25, 0.3) is 0 Å². The van der Waals surface area contributed by atoms with E-state index < -0.39 is 11.9 Å². The Morgan fingerprint density at radius 2 is 2.22 bits per heavy atom. The molecule has 0 radical (unpaired) electrons. The number of nitrogens with one attached hydrogen (secondary N) is 1. The molecule has 1 fully saturated rings. The van der Waals surface area contributed by atoms with Crippen LogP contribution in [0.15, 0.2) is 12.4 Å². The molecule has 1 aliphatic rings. The lowest BCUT2D eigenvalue weighted by Gasteiger charge is -2.19. The van der Waals surface area contributed by atoms with Gasteiger partial charge in [-0.1, -0.05) is 11.3 Å². The number of likely N-dealkylation sites (tertiary alicyclic amines) is 1. The summed E-state index contributed by atoms with van der Waals surface area (Å²) in [6.07, 6.45) is 3.00. The fraction of sp³-hybridized carbons (Fsp3) is 0.500. The van der Waals surface area contributed by atoms with E-state index in [1.807, 2.05) is 0 Å². The van der Waals surface area contributed by atoms with Crippen LogP contribution in [0.25, 0.3) is 0 Å². The fourth-order valence-electron chi connectivity index (χ4n) is 2.61. The van der Waals surface area contributed by atoms with Gasteiger partial charge in [0, 0.05) is 32.6 Å². The quantitative estimate of drug-likeness (QED) is 0.900. The first-order chi connectivity index (χ1) is 11.0. The topological polar surface area (TPSA) is 63.2 Å². The minimum Gasteiger partial charge on any atom is -0.472 e. The number of hydrogen-bond donors (Lipinski definition) is 1. The summed E-state index contributed by atoms with van der Waals surface area (Å²) in [5.74, 6) is -0.771. The van der Waals surface area contributed by atoms with Crippen LogP contribution in [-0.2, 0) is 6.54 Å². The van der Waals surface area contributed by atoms with Crippen molar-refractivity contribution in [3.8, 4) is 5.88 Å². The molecule has 3 heterocycles. The summed E-state index contributed by atoms with van der Waals surface area (Å²) >= 11 is 1.31. The summed E-state index contributed by atoms with van der Waals surface area (Å²) in [6, 6.07) is 0.243. The number of rotatable bonds is 5. The third-order valence-corrected chi connectivity index (χ3v) is 4.79. The van der Waals surface area contributed by atoms with Crippen molar-refractivity contribution in [1.29, 1.82) is 0 Å². The van der Waals surface area contributed by atoms with Crippen LogP contribution in [-0.4, -0.2) is 45.6 Å². The predicted molar refractivity (Wildman–Crippen MR) is 82.5 cm³/mol. The first kappa shape index (κ1) is 16.0. The Balaban J connectivity index is 1.61. The molecule has 0 amide bonds. The summed E-state index contributed by atoms with van der Waals surface area (Å²) in [7, 11) is 1.72. The zero-order chi connectivity index (χ0) is 16.4. The first-order valence-electron chi connectivity index (χ1n) is 7.26. The first-order valence-corrected chi connectivity index (χ1v) is 8.08. The lowest BCUT2D eigenvalue weighted by Crippen LogP contribution is -2.28. The standard InChI is InChI=1S/C14H17F2N5OS/c1-8-3-9(22-12-5-18-11(15)4-19-12)6-21(8)7-10-13(16)20-14(17-2)23-10/h4-5,8-9H,3,6-7H2,1-2H3,(H,17,20)/t8-,9+/m0/s1. The minimum atomic E-state index is -0.639. The van der Waals surface area contributed by atoms with Crippen LogP contribution in [0.5, 0.6) is 5.88 Å². The molecule has 0 spiro atoms. The summed E-state index contributed by atoms with van der Waals surface area (Å²) in [4.78, 5) is 13.9. The third-order valence-electron chi connectivity index (χ3n) is 3.76. The zero-order valence-electron chi connectivity index (χ0n) is 12.8. The molecule has 0 bridgehead atoms. The highest BCUT2D eigenvalue weighted by molar-refractivity contribution is 7.15. The van der Waals surface area contributed by atoms with Gasteiger partial charge in [0.1, 0.15) is 6.10 Å². The highest BCUT2D eigenvalue weighted by Crippen LogP contribution is 2.28. The van der Waals surface area contributed by atoms with Crippen molar-refractivity contribution in [3.05, 3.63) is 29.2 Å². The highest BCUT2D eigenvalue weighted by atomic mass is 32.1. The van der Waals surface area contributed by atoms with E-state index in [0.717, 1.165) is 12.6 Å². The third kappa shape index (κ3) is 3.73. The molecule has 6 nitrogen and oxygen atoms in total. The van der Waals surface area contributed by atoms with Crippen molar-refractivity contribution in [1.82, 2.24) is 19.9 Å². The molecule has 1 saturated heterocycles. The molecule has 0 aromatic carbocycles. The van der Waals surface area contributed by atoms with Crippen LogP contribution in [0.2, 0.25) is 0 Å². The smallest absolute Gasteiger partial charge is 0.232 e. The number of hydrogen-bond acceptors (Lipinski definition) is 7. The maximum atomic E-state index is 13.8. The number of ether oxygens (including phenoxy) is 1. The summed E-state index contributed by atoms with van der Waals surface area (Å²) in [5, 5.41) is 3.42. The Labute approximate surface area is 136 Å². The summed E-state index contributed by atoms with van der Waals surface area (Å²) in [5.41, 5.74) is 0. The fourth-order valence-corrected chi connectivity index (χ4v) is 3.43. The Morgan fingerprint density at radius 3 is 2.87 bits per heavy atom. The van der Waals surface area contributed by atoms with Gasteiger partial charge >= 0.3 is 0 Å². The average Bonchev–Trinajstić information content (AvgIpc) is 3.05.